The molecule has 0 aliphatic heterocycles. The number of rotatable bonds is 6. The summed E-state index contributed by atoms with van der Waals surface area (Å²) in [6, 6.07) is 7.18. The van der Waals surface area contributed by atoms with Gasteiger partial charge in [-0.1, -0.05) is 11.6 Å². The van der Waals surface area contributed by atoms with Crippen LogP contribution in [0.25, 0.3) is 0 Å². The van der Waals surface area contributed by atoms with E-state index in [4.69, 9.17) is 16.0 Å². The largest absolute Gasteiger partial charge is 0.468 e. The summed E-state index contributed by atoms with van der Waals surface area (Å²) >= 11 is 5.96. The summed E-state index contributed by atoms with van der Waals surface area (Å²) in [6.45, 7) is 0.276. The first kappa shape index (κ1) is 17.0. The minimum Gasteiger partial charge on any atom is -0.468 e. The zero-order valence-electron chi connectivity index (χ0n) is 12.7. The zero-order chi connectivity index (χ0) is 17.0. The number of hydrogen-bond donors (Lipinski definition) is 1. The predicted molar refractivity (Wildman–Crippen MR) is 85.6 cm³/mol. The molecule has 1 N–H and O–H groups in total. The Balaban J connectivity index is 2.12. The summed E-state index contributed by atoms with van der Waals surface area (Å²) in [7, 11) is 3.72. The van der Waals surface area contributed by atoms with Crippen molar-refractivity contribution in [2.75, 3.05) is 20.6 Å². The number of non-ortho nitro benzene ring substituents is 1. The molecule has 1 heterocycles. The van der Waals surface area contributed by atoms with Gasteiger partial charge in [0.15, 0.2) is 0 Å². The highest BCUT2D eigenvalue weighted by Crippen LogP contribution is 2.23. The SMILES string of the molecule is CN(C)C(CNC(=O)c1cc([N+](=O)[O-])ccc1Cl)c1ccco1. The van der Waals surface area contributed by atoms with Gasteiger partial charge in [-0.15, -0.1) is 0 Å². The second-order valence-corrected chi connectivity index (χ2v) is 5.53. The maximum absolute atomic E-state index is 12.3. The van der Waals surface area contributed by atoms with Crippen molar-refractivity contribution in [1.29, 1.82) is 0 Å². The molecule has 0 aliphatic rings. The van der Waals surface area contributed by atoms with Gasteiger partial charge in [0.2, 0.25) is 0 Å². The molecule has 0 aliphatic carbocycles. The van der Waals surface area contributed by atoms with Crippen molar-refractivity contribution in [2.24, 2.45) is 0 Å². The third kappa shape index (κ3) is 4.08. The molecule has 23 heavy (non-hydrogen) atoms. The minimum atomic E-state index is -0.571. The van der Waals surface area contributed by atoms with Gasteiger partial charge in [0.1, 0.15) is 5.76 Å². The van der Waals surface area contributed by atoms with E-state index in [1.807, 2.05) is 25.1 Å². The number of furan rings is 1. The molecule has 122 valence electrons. The second-order valence-electron chi connectivity index (χ2n) is 5.13. The fourth-order valence-electron chi connectivity index (χ4n) is 2.10. The van der Waals surface area contributed by atoms with Crippen LogP contribution in [0.4, 0.5) is 5.69 Å². The smallest absolute Gasteiger partial charge is 0.270 e. The van der Waals surface area contributed by atoms with Gasteiger partial charge in [-0.25, -0.2) is 0 Å². The van der Waals surface area contributed by atoms with Crippen molar-refractivity contribution >= 4 is 23.2 Å². The maximum Gasteiger partial charge on any atom is 0.270 e. The zero-order valence-corrected chi connectivity index (χ0v) is 13.4. The molecule has 2 rings (SSSR count). The van der Waals surface area contributed by atoms with E-state index in [1.165, 1.54) is 12.1 Å². The molecule has 0 spiro atoms. The Morgan fingerprint density at radius 1 is 1.43 bits per heavy atom. The van der Waals surface area contributed by atoms with Crippen molar-refractivity contribution in [3.05, 3.63) is 63.1 Å². The lowest BCUT2D eigenvalue weighted by atomic mass is 10.1. The summed E-state index contributed by atoms with van der Waals surface area (Å²) in [5.41, 5.74) is -0.118. The minimum absolute atomic E-state index is 0.0674. The third-order valence-electron chi connectivity index (χ3n) is 3.36. The van der Waals surface area contributed by atoms with E-state index in [0.29, 0.717) is 5.76 Å². The van der Waals surface area contributed by atoms with Crippen LogP contribution in [0.3, 0.4) is 0 Å². The first-order chi connectivity index (χ1) is 10.9. The van der Waals surface area contributed by atoms with Gasteiger partial charge in [-0.05, 0) is 32.3 Å². The van der Waals surface area contributed by atoms with E-state index >= 15 is 0 Å². The van der Waals surface area contributed by atoms with Crippen LogP contribution in [0, 0.1) is 10.1 Å². The molecule has 1 aromatic heterocycles. The summed E-state index contributed by atoms with van der Waals surface area (Å²) in [5, 5.41) is 13.7. The lowest BCUT2D eigenvalue weighted by molar-refractivity contribution is -0.384. The highest BCUT2D eigenvalue weighted by atomic mass is 35.5. The number of hydrogen-bond acceptors (Lipinski definition) is 5. The van der Waals surface area contributed by atoms with E-state index in [9.17, 15) is 14.9 Å². The topological polar surface area (TPSA) is 88.6 Å². The van der Waals surface area contributed by atoms with E-state index < -0.39 is 10.8 Å². The van der Waals surface area contributed by atoms with E-state index in [2.05, 4.69) is 5.32 Å². The lowest BCUT2D eigenvalue weighted by Crippen LogP contribution is -2.34. The van der Waals surface area contributed by atoms with Crippen LogP contribution in [0.5, 0.6) is 0 Å². The normalized spacial score (nSPS) is 12.2. The van der Waals surface area contributed by atoms with E-state index in [1.54, 1.807) is 12.3 Å². The quantitative estimate of drug-likeness (QED) is 0.646. The first-order valence-electron chi connectivity index (χ1n) is 6.82. The first-order valence-corrected chi connectivity index (χ1v) is 7.20. The van der Waals surface area contributed by atoms with Crippen molar-refractivity contribution in [3.8, 4) is 0 Å². The van der Waals surface area contributed by atoms with Gasteiger partial charge in [0.05, 0.1) is 27.8 Å². The molecule has 0 radical (unpaired) electrons. The number of carbonyl (C=O) groups excluding carboxylic acids is 1. The number of nitrogens with one attached hydrogen (secondary N) is 1. The van der Waals surface area contributed by atoms with Gasteiger partial charge in [0.25, 0.3) is 11.6 Å². The Bertz CT molecular complexity index is 701. The molecule has 0 bridgehead atoms. The summed E-state index contributed by atoms with van der Waals surface area (Å²) in [5.74, 6) is 0.234. The molecule has 2 aromatic rings. The van der Waals surface area contributed by atoms with Crippen LogP contribution in [0.2, 0.25) is 5.02 Å². The Morgan fingerprint density at radius 3 is 2.74 bits per heavy atom. The molecule has 1 aromatic carbocycles. The molecular weight excluding hydrogens is 322 g/mol. The van der Waals surface area contributed by atoms with Crippen molar-refractivity contribution < 1.29 is 14.1 Å². The molecule has 0 saturated carbocycles. The van der Waals surface area contributed by atoms with Crippen LogP contribution >= 0.6 is 11.6 Å². The molecule has 1 amide bonds. The Morgan fingerprint density at radius 2 is 2.17 bits per heavy atom. The fourth-order valence-corrected chi connectivity index (χ4v) is 2.31. The highest BCUT2D eigenvalue weighted by molar-refractivity contribution is 6.33. The highest BCUT2D eigenvalue weighted by Gasteiger charge is 2.20. The molecule has 0 saturated heterocycles. The predicted octanol–water partition coefficient (Wildman–Crippen LogP) is 2.87. The van der Waals surface area contributed by atoms with Crippen molar-refractivity contribution in [1.82, 2.24) is 10.2 Å². The van der Waals surface area contributed by atoms with Crippen LogP contribution in [0.1, 0.15) is 22.2 Å². The fraction of sp³-hybridized carbons (Fsp3) is 0.267. The number of benzene rings is 1. The molecular formula is C15H16ClN3O4. The molecule has 1 unspecified atom stereocenters. The molecule has 7 nitrogen and oxygen atoms in total. The summed E-state index contributed by atoms with van der Waals surface area (Å²) in [6.07, 6.45) is 1.56. The van der Waals surface area contributed by atoms with Crippen LogP contribution in [-0.2, 0) is 0 Å². The second kappa shape index (κ2) is 7.26. The van der Waals surface area contributed by atoms with Crippen LogP contribution in [0.15, 0.2) is 41.0 Å². The summed E-state index contributed by atoms with van der Waals surface area (Å²) < 4.78 is 5.36. The molecule has 1 atom stereocenters. The van der Waals surface area contributed by atoms with E-state index in [0.717, 1.165) is 6.07 Å². The van der Waals surface area contributed by atoms with Gasteiger partial charge in [-0.2, -0.15) is 0 Å². The number of likely N-dealkylation sites (N-methyl/N-ethyl adjacent to an activating group) is 1. The van der Waals surface area contributed by atoms with Gasteiger partial charge < -0.3 is 9.73 Å². The number of carbonyl (C=O) groups is 1. The molecule has 8 heteroatoms. The Kier molecular flexibility index (Phi) is 5.36. The van der Waals surface area contributed by atoms with Crippen LogP contribution in [-0.4, -0.2) is 36.4 Å². The summed E-state index contributed by atoms with van der Waals surface area (Å²) in [4.78, 5) is 24.4. The van der Waals surface area contributed by atoms with Crippen LogP contribution < -0.4 is 5.32 Å². The number of nitro groups is 1. The Hall–Kier alpha value is -2.38. The van der Waals surface area contributed by atoms with Gasteiger partial charge in [0, 0.05) is 18.7 Å². The van der Waals surface area contributed by atoms with Crippen molar-refractivity contribution in [3.63, 3.8) is 0 Å². The number of amides is 1. The Labute approximate surface area is 138 Å². The standard InChI is InChI=1S/C15H16ClN3O4/c1-18(2)13(14-4-3-7-23-14)9-17-15(20)11-8-10(19(21)22)5-6-12(11)16/h3-8,13H,9H2,1-2H3,(H,17,20). The monoisotopic (exact) mass is 337 g/mol. The van der Waals surface area contributed by atoms with Gasteiger partial charge >= 0.3 is 0 Å². The van der Waals surface area contributed by atoms with Gasteiger partial charge in [-0.3, -0.25) is 19.8 Å². The average Bonchev–Trinajstić information content (AvgIpc) is 3.01. The number of nitro benzene ring substituents is 1. The van der Waals surface area contributed by atoms with Crippen molar-refractivity contribution in [2.45, 2.75) is 6.04 Å². The lowest BCUT2D eigenvalue weighted by Gasteiger charge is -2.22. The maximum atomic E-state index is 12.3. The third-order valence-corrected chi connectivity index (χ3v) is 3.69. The average molecular weight is 338 g/mol. The number of nitrogens with zero attached hydrogens (tertiary/aromatic N) is 2. The van der Waals surface area contributed by atoms with E-state index in [-0.39, 0.29) is 28.9 Å². The number of halogens is 1. The molecule has 0 fully saturated rings.